The Bertz CT molecular complexity index is 212. The van der Waals surface area contributed by atoms with Crippen molar-refractivity contribution in [1.82, 2.24) is 0 Å². The summed E-state index contributed by atoms with van der Waals surface area (Å²) >= 11 is 1.63. The van der Waals surface area contributed by atoms with Gasteiger partial charge in [-0.1, -0.05) is 30.3 Å². The zero-order valence-corrected chi connectivity index (χ0v) is 6.47. The summed E-state index contributed by atoms with van der Waals surface area (Å²) < 4.78 is 0. The summed E-state index contributed by atoms with van der Waals surface area (Å²) in [5, 5.41) is 2.02. The monoisotopic (exact) mass is 149 g/mol. The van der Waals surface area contributed by atoms with E-state index in [0.29, 0.717) is 0 Å². The number of rotatable bonds is 0. The van der Waals surface area contributed by atoms with E-state index in [-0.39, 0.29) is 0 Å². The summed E-state index contributed by atoms with van der Waals surface area (Å²) in [6, 6.07) is 12.0. The molecule has 0 nitrogen and oxygen atoms in total. The van der Waals surface area contributed by atoms with Crippen LogP contribution in [0.3, 0.4) is 0 Å². The molecule has 0 atom stereocenters. The summed E-state index contributed by atoms with van der Waals surface area (Å²) in [5.41, 5.74) is 0. The van der Waals surface area contributed by atoms with E-state index in [1.165, 1.54) is 0 Å². The Morgan fingerprint density at radius 3 is 2.60 bits per heavy atom. The number of hydrogen-bond donors (Lipinski definition) is 0. The molecule has 10 heavy (non-hydrogen) atoms. The fourth-order valence-electron chi connectivity index (χ4n) is 0.567. The predicted octanol–water partition coefficient (Wildman–Crippen LogP) is 3.05. The summed E-state index contributed by atoms with van der Waals surface area (Å²) in [6.07, 6.45) is 0. The normalized spacial score (nSPS) is 8.50. The second kappa shape index (κ2) is 4.07. The highest BCUT2D eigenvalue weighted by Gasteiger charge is 1.71. The van der Waals surface area contributed by atoms with Crippen LogP contribution in [-0.2, 0) is 0 Å². The van der Waals surface area contributed by atoms with Gasteiger partial charge in [-0.15, -0.1) is 11.3 Å². The molecule has 1 aromatic rings. The van der Waals surface area contributed by atoms with E-state index >= 15 is 0 Å². The van der Waals surface area contributed by atoms with Gasteiger partial charge in [0.05, 0.1) is 0 Å². The molecule has 0 aromatic carbocycles. The van der Waals surface area contributed by atoms with Crippen LogP contribution in [0.2, 0.25) is 0 Å². The van der Waals surface area contributed by atoms with Gasteiger partial charge in [0.25, 0.3) is 0 Å². The van der Waals surface area contributed by atoms with Crippen LogP contribution in [0.1, 0.15) is 4.88 Å². The van der Waals surface area contributed by atoms with Crippen LogP contribution in [0.15, 0.2) is 41.8 Å². The lowest BCUT2D eigenvalue weighted by Gasteiger charge is -1.75. The van der Waals surface area contributed by atoms with Crippen LogP contribution in [0.5, 0.6) is 0 Å². The highest BCUT2D eigenvalue weighted by molar-refractivity contribution is 7.09. The van der Waals surface area contributed by atoms with Crippen LogP contribution in [0.25, 0.3) is 0 Å². The van der Waals surface area contributed by atoms with Crippen molar-refractivity contribution >= 4 is 11.3 Å². The van der Waals surface area contributed by atoms with Crippen molar-refractivity contribution in [1.29, 1.82) is 0 Å². The molecule has 1 heterocycles. The van der Waals surface area contributed by atoms with Crippen molar-refractivity contribution in [2.45, 2.75) is 0 Å². The molecule has 0 unspecified atom stereocenters. The lowest BCUT2D eigenvalue weighted by Crippen LogP contribution is -1.51. The Morgan fingerprint density at radius 1 is 1.00 bits per heavy atom. The zero-order chi connectivity index (χ0) is 7.23. The van der Waals surface area contributed by atoms with E-state index < -0.39 is 0 Å². The molecular weight excluding hydrogens is 140 g/mol. The summed E-state index contributed by atoms with van der Waals surface area (Å²) in [7, 11) is 0. The third-order valence-electron chi connectivity index (χ3n) is 1.02. The molecule has 0 saturated carbocycles. The Hall–Kier alpha value is -0.820. The van der Waals surface area contributed by atoms with E-state index in [2.05, 4.69) is 6.92 Å². The summed E-state index contributed by atoms with van der Waals surface area (Å²) in [4.78, 5) is 1.07. The Kier molecular flexibility index (Phi) is 2.97. The molecule has 1 rings (SSSR count). The summed E-state index contributed by atoms with van der Waals surface area (Å²) in [5.74, 6) is 0. The average molecular weight is 149 g/mol. The molecule has 0 saturated heterocycles. The first-order valence-electron chi connectivity index (χ1n) is 3.08. The van der Waals surface area contributed by atoms with Gasteiger partial charge in [-0.3, -0.25) is 0 Å². The molecule has 0 bridgehead atoms. The van der Waals surface area contributed by atoms with Gasteiger partial charge in [-0.2, -0.15) is 0 Å². The smallest absolute Gasteiger partial charge is 0.00485 e. The minimum absolute atomic E-state index is 1.07. The van der Waals surface area contributed by atoms with Gasteiger partial charge < -0.3 is 0 Å². The topological polar surface area (TPSA) is 0 Å². The molecule has 0 spiro atoms. The van der Waals surface area contributed by atoms with Crippen molar-refractivity contribution in [2.24, 2.45) is 0 Å². The third-order valence-corrected chi connectivity index (χ3v) is 1.76. The van der Waals surface area contributed by atoms with Gasteiger partial charge in [-0.25, -0.2) is 0 Å². The molecule has 1 radical (unpaired) electrons. The van der Waals surface area contributed by atoms with Crippen LogP contribution in [0, 0.1) is 6.92 Å². The maximum absolute atomic E-state index is 3.83. The molecule has 0 aliphatic carbocycles. The van der Waals surface area contributed by atoms with Crippen LogP contribution in [0.4, 0.5) is 0 Å². The average Bonchev–Trinajstić information content (AvgIpc) is 2.02. The van der Waals surface area contributed by atoms with Gasteiger partial charge in [-0.05, 0) is 18.4 Å². The van der Waals surface area contributed by atoms with Gasteiger partial charge in [0, 0.05) is 4.88 Å². The standard InChI is InChI=1S/C9H9S/c1-9-7-5-3-2-4-6-8-10-9/h2-8H,1H2. The molecule has 0 aliphatic heterocycles. The van der Waals surface area contributed by atoms with Gasteiger partial charge in [0.15, 0.2) is 0 Å². The molecule has 0 N–H and O–H groups in total. The van der Waals surface area contributed by atoms with Crippen molar-refractivity contribution in [3.05, 3.63) is 53.6 Å². The van der Waals surface area contributed by atoms with Crippen molar-refractivity contribution < 1.29 is 0 Å². The van der Waals surface area contributed by atoms with Crippen molar-refractivity contribution in [2.75, 3.05) is 0 Å². The Morgan fingerprint density at radius 2 is 1.70 bits per heavy atom. The van der Waals surface area contributed by atoms with E-state index in [1.54, 1.807) is 11.3 Å². The third kappa shape index (κ3) is 2.65. The van der Waals surface area contributed by atoms with Crippen LogP contribution in [-0.4, -0.2) is 0 Å². The van der Waals surface area contributed by atoms with E-state index in [1.807, 2.05) is 41.8 Å². The highest BCUT2D eigenvalue weighted by Crippen LogP contribution is 1.99. The SMILES string of the molecule is [CH2]c1cccccccs1. The molecule has 1 aromatic heterocycles. The first kappa shape index (κ1) is 7.29. The first-order valence-corrected chi connectivity index (χ1v) is 3.96. The fraction of sp³-hybridized carbons (Fsp3) is 0. The molecule has 1 heteroatoms. The van der Waals surface area contributed by atoms with E-state index in [4.69, 9.17) is 0 Å². The molecule has 0 aliphatic rings. The van der Waals surface area contributed by atoms with Gasteiger partial charge >= 0.3 is 0 Å². The Labute approximate surface area is 65.5 Å². The maximum Gasteiger partial charge on any atom is 0.00485 e. The first-order chi connectivity index (χ1) is 4.89. The zero-order valence-electron chi connectivity index (χ0n) is 5.66. The van der Waals surface area contributed by atoms with E-state index in [0.717, 1.165) is 4.88 Å². The van der Waals surface area contributed by atoms with Crippen LogP contribution < -0.4 is 0 Å². The second-order valence-corrected chi connectivity index (χ2v) is 2.88. The minimum Gasteiger partial charge on any atom is -0.149 e. The Balaban J connectivity index is 3.13. The minimum atomic E-state index is 1.07. The van der Waals surface area contributed by atoms with E-state index in [9.17, 15) is 0 Å². The lowest BCUT2D eigenvalue weighted by atomic mass is 10.4. The lowest BCUT2D eigenvalue weighted by molar-refractivity contribution is 1.78. The van der Waals surface area contributed by atoms with Gasteiger partial charge in [0.2, 0.25) is 0 Å². The predicted molar refractivity (Wildman–Crippen MR) is 46.4 cm³/mol. The molecular formula is C9H9S. The fourth-order valence-corrected chi connectivity index (χ4v) is 1.07. The largest absolute Gasteiger partial charge is 0.149 e. The molecule has 0 amide bonds. The highest BCUT2D eigenvalue weighted by atomic mass is 32.1. The van der Waals surface area contributed by atoms with Crippen LogP contribution >= 0.6 is 11.3 Å². The quantitative estimate of drug-likeness (QED) is 0.532. The van der Waals surface area contributed by atoms with Gasteiger partial charge in [0.1, 0.15) is 0 Å². The van der Waals surface area contributed by atoms with Crippen molar-refractivity contribution in [3.63, 3.8) is 0 Å². The van der Waals surface area contributed by atoms with Crippen molar-refractivity contribution in [3.8, 4) is 0 Å². The number of hydrogen-bond acceptors (Lipinski definition) is 1. The maximum atomic E-state index is 3.83. The molecule has 0 fully saturated rings. The summed E-state index contributed by atoms with van der Waals surface area (Å²) in [6.45, 7) is 3.83. The second-order valence-electron chi connectivity index (χ2n) is 1.85. The molecule has 51 valence electrons.